The summed E-state index contributed by atoms with van der Waals surface area (Å²) in [6.07, 6.45) is 0. The fourth-order valence-electron chi connectivity index (χ4n) is 2.39. The van der Waals surface area contributed by atoms with Gasteiger partial charge in [-0.2, -0.15) is 0 Å². The first-order valence-corrected chi connectivity index (χ1v) is 9.84. The second-order valence-corrected chi connectivity index (χ2v) is 7.19. The third-order valence-corrected chi connectivity index (χ3v) is 4.84. The third-order valence-electron chi connectivity index (χ3n) is 3.58. The summed E-state index contributed by atoms with van der Waals surface area (Å²) in [5.41, 5.74) is 3.03. The maximum atomic E-state index is 5.39. The number of hydrogen-bond donors (Lipinski definition) is 3. The maximum Gasteiger partial charge on any atom is 0.170 e. The fraction of sp³-hybridized carbons (Fsp3) is 0.0952. The molecule has 0 saturated carbocycles. The van der Waals surface area contributed by atoms with E-state index in [1.165, 1.54) is 4.90 Å². The summed E-state index contributed by atoms with van der Waals surface area (Å²) in [5, 5.41) is 10.5. The normalized spacial score (nSPS) is 10.2. The van der Waals surface area contributed by atoms with Gasteiger partial charge in [-0.15, -0.1) is 11.8 Å². The smallest absolute Gasteiger partial charge is 0.170 e. The molecule has 0 radical (unpaired) electrons. The van der Waals surface area contributed by atoms with Crippen LogP contribution in [-0.2, 0) is 0 Å². The molecule has 0 aliphatic rings. The van der Waals surface area contributed by atoms with Crippen LogP contribution in [0.15, 0.2) is 89.8 Å². The van der Waals surface area contributed by atoms with E-state index in [9.17, 15) is 0 Å². The Labute approximate surface area is 164 Å². The van der Waals surface area contributed by atoms with Crippen LogP contribution in [0.4, 0.5) is 17.1 Å². The number of anilines is 3. The second kappa shape index (κ2) is 9.85. The minimum atomic E-state index is 0.635. The first-order valence-electron chi connectivity index (χ1n) is 8.44. The molecule has 132 valence electrons. The molecular weight excluding hydrogens is 358 g/mol. The van der Waals surface area contributed by atoms with E-state index < -0.39 is 0 Å². The van der Waals surface area contributed by atoms with Crippen LogP contribution in [0.25, 0.3) is 0 Å². The van der Waals surface area contributed by atoms with Gasteiger partial charge >= 0.3 is 0 Å². The van der Waals surface area contributed by atoms with Crippen molar-refractivity contribution in [1.29, 1.82) is 0 Å². The molecule has 0 saturated heterocycles. The van der Waals surface area contributed by atoms with Crippen molar-refractivity contribution in [2.45, 2.75) is 4.90 Å². The minimum Gasteiger partial charge on any atom is -0.362 e. The third kappa shape index (κ3) is 6.10. The molecule has 0 fully saturated rings. The molecule has 0 spiro atoms. The van der Waals surface area contributed by atoms with E-state index in [0.29, 0.717) is 5.11 Å². The van der Waals surface area contributed by atoms with Gasteiger partial charge in [0.05, 0.1) is 0 Å². The highest BCUT2D eigenvalue weighted by molar-refractivity contribution is 7.99. The number of nitrogens with one attached hydrogen (secondary N) is 3. The summed E-state index contributed by atoms with van der Waals surface area (Å²) in [7, 11) is 0. The van der Waals surface area contributed by atoms with E-state index in [4.69, 9.17) is 12.2 Å². The molecule has 5 heteroatoms. The number of benzene rings is 3. The van der Waals surface area contributed by atoms with E-state index in [1.807, 2.05) is 72.4 Å². The van der Waals surface area contributed by atoms with Crippen LogP contribution >= 0.6 is 24.0 Å². The molecule has 26 heavy (non-hydrogen) atoms. The van der Waals surface area contributed by atoms with Crippen LogP contribution in [0.5, 0.6) is 0 Å². The minimum absolute atomic E-state index is 0.635. The highest BCUT2D eigenvalue weighted by Gasteiger charge is 2.00. The molecule has 0 aliphatic carbocycles. The quantitative estimate of drug-likeness (QED) is 0.287. The molecule has 0 aliphatic heterocycles. The molecule has 0 amide bonds. The van der Waals surface area contributed by atoms with Crippen LogP contribution in [0.2, 0.25) is 0 Å². The summed E-state index contributed by atoms with van der Waals surface area (Å²) in [6, 6.07) is 28.6. The lowest BCUT2D eigenvalue weighted by Gasteiger charge is -2.12. The molecule has 3 aromatic rings. The zero-order valence-corrected chi connectivity index (χ0v) is 15.9. The Kier molecular flexibility index (Phi) is 6.93. The van der Waals surface area contributed by atoms with Gasteiger partial charge in [0, 0.05) is 34.3 Å². The van der Waals surface area contributed by atoms with Crippen LogP contribution < -0.4 is 16.0 Å². The lowest BCUT2D eigenvalue weighted by Crippen LogP contribution is -2.30. The predicted molar refractivity (Wildman–Crippen MR) is 118 cm³/mol. The Hall–Kier alpha value is -2.50. The SMILES string of the molecule is S=C(NCCSc1ccccc1)Nc1cccc(Nc2ccccc2)c1. The van der Waals surface area contributed by atoms with Crippen molar-refractivity contribution in [2.75, 3.05) is 22.9 Å². The topological polar surface area (TPSA) is 36.1 Å². The number of hydrogen-bond acceptors (Lipinski definition) is 3. The Morgan fingerprint density at radius 1 is 0.769 bits per heavy atom. The molecule has 0 unspecified atom stereocenters. The summed E-state index contributed by atoms with van der Waals surface area (Å²) in [5.74, 6) is 0.960. The van der Waals surface area contributed by atoms with Gasteiger partial charge in [-0.25, -0.2) is 0 Å². The molecule has 3 aromatic carbocycles. The van der Waals surface area contributed by atoms with Gasteiger partial charge in [-0.05, 0) is 54.7 Å². The van der Waals surface area contributed by atoms with Crippen molar-refractivity contribution < 1.29 is 0 Å². The van der Waals surface area contributed by atoms with Crippen molar-refractivity contribution in [1.82, 2.24) is 5.32 Å². The number of thioether (sulfide) groups is 1. The predicted octanol–water partition coefficient (Wildman–Crippen LogP) is 5.51. The summed E-state index contributed by atoms with van der Waals surface area (Å²) in [4.78, 5) is 1.27. The maximum absolute atomic E-state index is 5.39. The van der Waals surface area contributed by atoms with Gasteiger partial charge in [0.25, 0.3) is 0 Å². The average molecular weight is 380 g/mol. The molecule has 0 aromatic heterocycles. The van der Waals surface area contributed by atoms with E-state index in [-0.39, 0.29) is 0 Å². The first kappa shape index (κ1) is 18.3. The van der Waals surface area contributed by atoms with Gasteiger partial charge in [0.15, 0.2) is 5.11 Å². The van der Waals surface area contributed by atoms with E-state index >= 15 is 0 Å². The molecule has 0 atom stereocenters. The van der Waals surface area contributed by atoms with Crippen molar-refractivity contribution in [3.05, 3.63) is 84.9 Å². The molecule has 3 N–H and O–H groups in total. The Balaban J connectivity index is 1.44. The van der Waals surface area contributed by atoms with Crippen molar-refractivity contribution in [2.24, 2.45) is 0 Å². The van der Waals surface area contributed by atoms with Crippen molar-refractivity contribution >= 4 is 46.2 Å². The molecule has 0 heterocycles. The first-order chi connectivity index (χ1) is 12.8. The lowest BCUT2D eigenvalue weighted by molar-refractivity contribution is 0.990. The number of para-hydroxylation sites is 1. The standard InChI is InChI=1S/C21H21N3S2/c25-21(22-14-15-26-20-12-5-2-6-13-20)24-19-11-7-10-18(16-19)23-17-8-3-1-4-9-17/h1-13,16,23H,14-15H2,(H2,22,24,25). The van der Waals surface area contributed by atoms with Gasteiger partial charge < -0.3 is 16.0 Å². The van der Waals surface area contributed by atoms with Gasteiger partial charge in [-0.3, -0.25) is 0 Å². The van der Waals surface area contributed by atoms with Crippen LogP contribution in [0, 0.1) is 0 Å². The summed E-state index contributed by atoms with van der Waals surface area (Å²) in [6.45, 7) is 0.813. The highest BCUT2D eigenvalue weighted by Crippen LogP contribution is 2.20. The Morgan fingerprint density at radius 2 is 1.42 bits per heavy atom. The monoisotopic (exact) mass is 379 g/mol. The molecule has 3 nitrogen and oxygen atoms in total. The molecule has 0 bridgehead atoms. The molecule has 3 rings (SSSR count). The van der Waals surface area contributed by atoms with Gasteiger partial charge in [-0.1, -0.05) is 42.5 Å². The highest BCUT2D eigenvalue weighted by atomic mass is 32.2. The van der Waals surface area contributed by atoms with Crippen LogP contribution in [0.3, 0.4) is 0 Å². The Morgan fingerprint density at radius 3 is 2.19 bits per heavy atom. The number of thiocarbonyl (C=S) groups is 1. The summed E-state index contributed by atoms with van der Waals surface area (Å²) < 4.78 is 0. The fourth-order valence-corrected chi connectivity index (χ4v) is 3.40. The number of rotatable bonds is 7. The molecular formula is C21H21N3S2. The van der Waals surface area contributed by atoms with Gasteiger partial charge in [0.1, 0.15) is 0 Å². The van der Waals surface area contributed by atoms with Crippen molar-refractivity contribution in [3.63, 3.8) is 0 Å². The van der Waals surface area contributed by atoms with Gasteiger partial charge in [0.2, 0.25) is 0 Å². The zero-order valence-electron chi connectivity index (χ0n) is 14.3. The Bertz CT molecular complexity index is 823. The second-order valence-electron chi connectivity index (χ2n) is 5.61. The van der Waals surface area contributed by atoms with E-state index in [2.05, 4.69) is 40.2 Å². The van der Waals surface area contributed by atoms with E-state index in [1.54, 1.807) is 0 Å². The summed E-state index contributed by atoms with van der Waals surface area (Å²) >= 11 is 7.20. The van der Waals surface area contributed by atoms with E-state index in [0.717, 1.165) is 29.4 Å². The van der Waals surface area contributed by atoms with Crippen LogP contribution in [-0.4, -0.2) is 17.4 Å². The van der Waals surface area contributed by atoms with Crippen LogP contribution in [0.1, 0.15) is 0 Å². The zero-order chi connectivity index (χ0) is 18.0. The average Bonchev–Trinajstić information content (AvgIpc) is 2.67. The largest absolute Gasteiger partial charge is 0.362 e. The van der Waals surface area contributed by atoms with Crippen molar-refractivity contribution in [3.8, 4) is 0 Å². The lowest BCUT2D eigenvalue weighted by atomic mass is 10.2.